The molecule has 1 aliphatic rings. The van der Waals surface area contributed by atoms with Crippen molar-refractivity contribution in [3.05, 3.63) is 29.8 Å². The van der Waals surface area contributed by atoms with Crippen molar-refractivity contribution in [1.29, 1.82) is 0 Å². The summed E-state index contributed by atoms with van der Waals surface area (Å²) in [6, 6.07) is 8.83. The lowest BCUT2D eigenvalue weighted by atomic mass is 9.82. The summed E-state index contributed by atoms with van der Waals surface area (Å²) < 4.78 is 5.39. The number of para-hydroxylation sites is 1. The second-order valence-corrected chi connectivity index (χ2v) is 6.71. The maximum atomic E-state index is 5.39. The molecular weight excluding hydrogens is 242 g/mol. The summed E-state index contributed by atoms with van der Waals surface area (Å²) in [5, 5.41) is 3.70. The number of ether oxygens (including phenoxy) is 1. The van der Waals surface area contributed by atoms with Crippen LogP contribution in [-0.4, -0.2) is 24.7 Å². The molecular formula is C15H23NOS. The summed E-state index contributed by atoms with van der Waals surface area (Å²) in [6.45, 7) is 5.62. The highest BCUT2D eigenvalue weighted by atomic mass is 32.2. The first-order valence-corrected chi connectivity index (χ1v) is 7.72. The number of benzene rings is 1. The molecule has 0 bridgehead atoms. The fourth-order valence-corrected chi connectivity index (χ4v) is 4.00. The molecule has 0 amide bonds. The Labute approximate surface area is 114 Å². The smallest absolute Gasteiger partial charge is 0.123 e. The van der Waals surface area contributed by atoms with E-state index in [1.165, 1.54) is 23.5 Å². The number of hydrogen-bond acceptors (Lipinski definition) is 3. The van der Waals surface area contributed by atoms with Gasteiger partial charge in [0.25, 0.3) is 0 Å². The molecule has 2 rings (SSSR count). The van der Waals surface area contributed by atoms with Gasteiger partial charge in [-0.2, -0.15) is 11.8 Å². The zero-order valence-electron chi connectivity index (χ0n) is 11.5. The van der Waals surface area contributed by atoms with Crippen molar-refractivity contribution >= 4 is 11.8 Å². The Bertz CT molecular complexity index is 392. The van der Waals surface area contributed by atoms with Crippen molar-refractivity contribution in [2.24, 2.45) is 5.41 Å². The number of nitrogens with one attached hydrogen (secondary N) is 1. The summed E-state index contributed by atoms with van der Waals surface area (Å²) in [5.41, 5.74) is 1.64. The minimum absolute atomic E-state index is 0.396. The lowest BCUT2D eigenvalue weighted by Crippen LogP contribution is -2.46. The van der Waals surface area contributed by atoms with Crippen LogP contribution in [0, 0.1) is 5.41 Å². The average molecular weight is 265 g/mol. The van der Waals surface area contributed by atoms with E-state index in [1.807, 2.05) is 12.1 Å². The predicted octanol–water partition coefficient (Wildman–Crippen LogP) is 3.32. The fraction of sp³-hybridized carbons (Fsp3) is 0.600. The maximum Gasteiger partial charge on any atom is 0.123 e. The van der Waals surface area contributed by atoms with Crippen LogP contribution in [0.3, 0.4) is 0 Å². The Morgan fingerprint density at radius 3 is 2.89 bits per heavy atom. The standard InChI is InChI=1S/C15H23NOS/c1-15(2)8-9-18-11-14(15)16-10-12-6-4-5-7-13(12)17-3/h4-7,14,16H,8-11H2,1-3H3. The highest BCUT2D eigenvalue weighted by molar-refractivity contribution is 7.99. The Morgan fingerprint density at radius 1 is 1.39 bits per heavy atom. The van der Waals surface area contributed by atoms with E-state index in [0.717, 1.165) is 12.3 Å². The highest BCUT2D eigenvalue weighted by Crippen LogP contribution is 2.34. The Morgan fingerprint density at radius 2 is 2.17 bits per heavy atom. The first-order chi connectivity index (χ1) is 8.63. The van der Waals surface area contributed by atoms with Gasteiger partial charge in [0, 0.05) is 23.9 Å². The molecule has 0 aromatic heterocycles. The van der Waals surface area contributed by atoms with E-state index in [0.29, 0.717) is 11.5 Å². The van der Waals surface area contributed by atoms with Crippen LogP contribution in [0.4, 0.5) is 0 Å². The Balaban J connectivity index is 1.98. The molecule has 0 aliphatic carbocycles. The summed E-state index contributed by atoms with van der Waals surface area (Å²) >= 11 is 2.06. The number of thioether (sulfide) groups is 1. The van der Waals surface area contributed by atoms with Crippen LogP contribution >= 0.6 is 11.8 Å². The molecule has 0 saturated carbocycles. The molecule has 1 saturated heterocycles. The third-order valence-electron chi connectivity index (χ3n) is 3.85. The zero-order valence-corrected chi connectivity index (χ0v) is 12.3. The zero-order chi connectivity index (χ0) is 13.0. The van der Waals surface area contributed by atoms with Crippen molar-refractivity contribution in [1.82, 2.24) is 5.32 Å². The van der Waals surface area contributed by atoms with Crippen LogP contribution in [-0.2, 0) is 6.54 Å². The maximum absolute atomic E-state index is 5.39. The lowest BCUT2D eigenvalue weighted by Gasteiger charge is -2.39. The van der Waals surface area contributed by atoms with E-state index in [9.17, 15) is 0 Å². The molecule has 1 aromatic rings. The largest absolute Gasteiger partial charge is 0.496 e. The molecule has 18 heavy (non-hydrogen) atoms. The quantitative estimate of drug-likeness (QED) is 0.902. The lowest BCUT2D eigenvalue weighted by molar-refractivity contribution is 0.244. The van der Waals surface area contributed by atoms with Gasteiger partial charge in [-0.15, -0.1) is 0 Å². The third kappa shape index (κ3) is 3.21. The molecule has 1 atom stereocenters. The van der Waals surface area contributed by atoms with Gasteiger partial charge in [-0.25, -0.2) is 0 Å². The van der Waals surface area contributed by atoms with Crippen LogP contribution in [0.2, 0.25) is 0 Å². The van der Waals surface area contributed by atoms with Gasteiger partial charge in [0.05, 0.1) is 7.11 Å². The molecule has 1 aliphatic heterocycles. The molecule has 1 fully saturated rings. The summed E-state index contributed by atoms with van der Waals surface area (Å²) in [7, 11) is 1.74. The minimum Gasteiger partial charge on any atom is -0.496 e. The molecule has 1 N–H and O–H groups in total. The molecule has 1 unspecified atom stereocenters. The number of hydrogen-bond donors (Lipinski definition) is 1. The SMILES string of the molecule is COc1ccccc1CNC1CSCCC1(C)C. The van der Waals surface area contributed by atoms with Gasteiger partial charge in [-0.1, -0.05) is 32.0 Å². The van der Waals surface area contributed by atoms with Gasteiger partial charge >= 0.3 is 0 Å². The van der Waals surface area contributed by atoms with E-state index >= 15 is 0 Å². The van der Waals surface area contributed by atoms with Gasteiger partial charge in [-0.3, -0.25) is 0 Å². The first-order valence-electron chi connectivity index (χ1n) is 6.56. The van der Waals surface area contributed by atoms with Crippen molar-refractivity contribution in [3.8, 4) is 5.75 Å². The monoisotopic (exact) mass is 265 g/mol. The summed E-state index contributed by atoms with van der Waals surface area (Å²) in [4.78, 5) is 0. The number of methoxy groups -OCH3 is 1. The highest BCUT2D eigenvalue weighted by Gasteiger charge is 2.32. The van der Waals surface area contributed by atoms with E-state index in [4.69, 9.17) is 4.74 Å². The predicted molar refractivity (Wildman–Crippen MR) is 79.3 cm³/mol. The number of rotatable bonds is 4. The van der Waals surface area contributed by atoms with Crippen LogP contribution < -0.4 is 10.1 Å². The first kappa shape index (κ1) is 13.8. The van der Waals surface area contributed by atoms with Crippen LogP contribution in [0.15, 0.2) is 24.3 Å². The molecule has 0 spiro atoms. The van der Waals surface area contributed by atoms with E-state index in [2.05, 4.69) is 43.1 Å². The molecule has 1 heterocycles. The second kappa shape index (κ2) is 5.98. The van der Waals surface area contributed by atoms with Gasteiger partial charge in [0.15, 0.2) is 0 Å². The van der Waals surface area contributed by atoms with Gasteiger partial charge < -0.3 is 10.1 Å². The molecule has 0 radical (unpaired) electrons. The van der Waals surface area contributed by atoms with Crippen LogP contribution in [0.25, 0.3) is 0 Å². The van der Waals surface area contributed by atoms with Crippen molar-refractivity contribution in [2.75, 3.05) is 18.6 Å². The summed E-state index contributed by atoms with van der Waals surface area (Å²) in [5.74, 6) is 3.48. The second-order valence-electron chi connectivity index (χ2n) is 5.56. The van der Waals surface area contributed by atoms with E-state index in [1.54, 1.807) is 7.11 Å². The van der Waals surface area contributed by atoms with Gasteiger partial charge in [0.1, 0.15) is 5.75 Å². The molecule has 100 valence electrons. The third-order valence-corrected chi connectivity index (χ3v) is 4.91. The van der Waals surface area contributed by atoms with Crippen molar-refractivity contribution in [2.45, 2.75) is 32.9 Å². The average Bonchev–Trinajstić information content (AvgIpc) is 2.37. The van der Waals surface area contributed by atoms with Gasteiger partial charge in [0.2, 0.25) is 0 Å². The Kier molecular flexibility index (Phi) is 4.57. The van der Waals surface area contributed by atoms with Crippen LogP contribution in [0.1, 0.15) is 25.8 Å². The Hall–Kier alpha value is -0.670. The van der Waals surface area contributed by atoms with Gasteiger partial charge in [-0.05, 0) is 23.7 Å². The van der Waals surface area contributed by atoms with Crippen molar-refractivity contribution < 1.29 is 4.74 Å². The minimum atomic E-state index is 0.396. The molecule has 3 heteroatoms. The molecule has 2 nitrogen and oxygen atoms in total. The van der Waals surface area contributed by atoms with E-state index in [-0.39, 0.29) is 0 Å². The van der Waals surface area contributed by atoms with E-state index < -0.39 is 0 Å². The summed E-state index contributed by atoms with van der Waals surface area (Å²) in [6.07, 6.45) is 1.29. The van der Waals surface area contributed by atoms with Crippen LogP contribution in [0.5, 0.6) is 5.75 Å². The molecule has 1 aromatic carbocycles. The topological polar surface area (TPSA) is 21.3 Å². The van der Waals surface area contributed by atoms with Crippen molar-refractivity contribution in [3.63, 3.8) is 0 Å². The fourth-order valence-electron chi connectivity index (χ4n) is 2.35. The normalized spacial score (nSPS) is 22.7.